The highest BCUT2D eigenvalue weighted by Gasteiger charge is 1.99. The number of unbranched alkanes of at least 4 members (excludes halogenated alkanes) is 1. The van der Waals surface area contributed by atoms with Gasteiger partial charge in [-0.2, -0.15) is 22.2 Å². The van der Waals surface area contributed by atoms with E-state index in [1.54, 1.807) is 0 Å². The van der Waals surface area contributed by atoms with Gasteiger partial charge in [-0.1, -0.05) is 12.5 Å². The highest BCUT2D eigenvalue weighted by Crippen LogP contribution is 2.07. The standard InChI is InChI=1S/C7H15Cl2NSi/c1-2-5-10-6-3-4-7-11(8)9/h2,10-11H,1,3-7H2. The molecule has 0 radical (unpaired) electrons. The van der Waals surface area contributed by atoms with Crippen molar-refractivity contribution in [1.29, 1.82) is 0 Å². The molecule has 0 aliphatic carbocycles. The van der Waals surface area contributed by atoms with Crippen molar-refractivity contribution in [2.45, 2.75) is 18.9 Å². The third kappa shape index (κ3) is 10.5. The first-order chi connectivity index (χ1) is 5.27. The molecule has 0 aromatic heterocycles. The number of halogens is 2. The predicted octanol–water partition coefficient (Wildman–Crippen LogP) is 2.24. The predicted molar refractivity (Wildman–Crippen MR) is 56.0 cm³/mol. The second kappa shape index (κ2) is 8.59. The SMILES string of the molecule is C=CCNCCCC[SiH](Cl)Cl. The van der Waals surface area contributed by atoms with Crippen molar-refractivity contribution in [2.24, 2.45) is 0 Å². The van der Waals surface area contributed by atoms with Gasteiger partial charge in [-0.05, 0) is 19.0 Å². The molecule has 0 aliphatic heterocycles. The molecule has 66 valence electrons. The van der Waals surface area contributed by atoms with E-state index in [-0.39, 0.29) is 0 Å². The lowest BCUT2D eigenvalue weighted by molar-refractivity contribution is 0.681. The first-order valence-electron chi connectivity index (χ1n) is 3.87. The summed E-state index contributed by atoms with van der Waals surface area (Å²) < 4.78 is 0. The number of hydrogen-bond donors (Lipinski definition) is 1. The van der Waals surface area contributed by atoms with Crippen molar-refractivity contribution >= 4 is 29.6 Å². The quantitative estimate of drug-likeness (QED) is 0.295. The average Bonchev–Trinajstić information content (AvgIpc) is 1.96. The molecule has 0 amide bonds. The van der Waals surface area contributed by atoms with Crippen LogP contribution in [0.15, 0.2) is 12.7 Å². The van der Waals surface area contributed by atoms with Gasteiger partial charge in [0.25, 0.3) is 0 Å². The molecule has 0 spiro atoms. The van der Waals surface area contributed by atoms with Gasteiger partial charge < -0.3 is 5.32 Å². The van der Waals surface area contributed by atoms with E-state index >= 15 is 0 Å². The van der Waals surface area contributed by atoms with E-state index in [0.717, 1.165) is 32.0 Å². The van der Waals surface area contributed by atoms with Crippen LogP contribution < -0.4 is 5.32 Å². The molecule has 0 aliphatic rings. The monoisotopic (exact) mass is 211 g/mol. The van der Waals surface area contributed by atoms with Gasteiger partial charge in [0, 0.05) is 6.54 Å². The van der Waals surface area contributed by atoms with Crippen LogP contribution in [-0.4, -0.2) is 20.5 Å². The number of hydrogen-bond acceptors (Lipinski definition) is 1. The van der Waals surface area contributed by atoms with E-state index in [1.165, 1.54) is 0 Å². The minimum atomic E-state index is -1.33. The molecule has 0 aromatic carbocycles. The van der Waals surface area contributed by atoms with E-state index in [1.807, 2.05) is 6.08 Å². The maximum absolute atomic E-state index is 5.69. The van der Waals surface area contributed by atoms with E-state index in [0.29, 0.717) is 0 Å². The Morgan fingerprint density at radius 3 is 2.64 bits per heavy atom. The minimum Gasteiger partial charge on any atom is -0.313 e. The van der Waals surface area contributed by atoms with Crippen molar-refractivity contribution < 1.29 is 0 Å². The van der Waals surface area contributed by atoms with Crippen LogP contribution in [0.1, 0.15) is 12.8 Å². The smallest absolute Gasteiger partial charge is 0.237 e. The van der Waals surface area contributed by atoms with Crippen molar-refractivity contribution in [2.75, 3.05) is 13.1 Å². The molecule has 0 unspecified atom stereocenters. The summed E-state index contributed by atoms with van der Waals surface area (Å²) in [5, 5.41) is 3.22. The molecule has 0 atom stereocenters. The number of rotatable bonds is 7. The Morgan fingerprint density at radius 1 is 1.36 bits per heavy atom. The van der Waals surface area contributed by atoms with Crippen LogP contribution in [0.2, 0.25) is 6.04 Å². The van der Waals surface area contributed by atoms with E-state index < -0.39 is 7.42 Å². The van der Waals surface area contributed by atoms with Crippen LogP contribution in [0.4, 0.5) is 0 Å². The summed E-state index contributed by atoms with van der Waals surface area (Å²) in [4.78, 5) is 0. The van der Waals surface area contributed by atoms with Gasteiger partial charge in [0.15, 0.2) is 0 Å². The molecule has 0 aromatic rings. The third-order valence-electron chi connectivity index (χ3n) is 1.31. The Kier molecular flexibility index (Phi) is 8.98. The Morgan fingerprint density at radius 2 is 2.09 bits per heavy atom. The second-order valence-electron chi connectivity index (χ2n) is 2.38. The third-order valence-corrected chi connectivity index (χ3v) is 3.47. The summed E-state index contributed by atoms with van der Waals surface area (Å²) in [6, 6.07) is 1.03. The first kappa shape index (κ1) is 11.5. The lowest BCUT2D eigenvalue weighted by Crippen LogP contribution is -2.14. The maximum atomic E-state index is 5.69. The molecule has 0 bridgehead atoms. The van der Waals surface area contributed by atoms with Crippen LogP contribution in [-0.2, 0) is 0 Å². The fourth-order valence-corrected chi connectivity index (χ4v) is 2.28. The largest absolute Gasteiger partial charge is 0.313 e. The maximum Gasteiger partial charge on any atom is 0.237 e. The Balaban J connectivity index is 2.85. The molecule has 0 rings (SSSR count). The zero-order valence-electron chi connectivity index (χ0n) is 6.65. The molecule has 4 heteroatoms. The second-order valence-corrected chi connectivity index (χ2v) is 7.57. The molecular weight excluding hydrogens is 197 g/mol. The van der Waals surface area contributed by atoms with E-state index in [2.05, 4.69) is 11.9 Å². The fraction of sp³-hybridized carbons (Fsp3) is 0.714. The van der Waals surface area contributed by atoms with Crippen LogP contribution >= 0.6 is 22.2 Å². The van der Waals surface area contributed by atoms with Crippen LogP contribution in [0.3, 0.4) is 0 Å². The molecule has 0 saturated heterocycles. The Bertz CT molecular complexity index is 98.4. The highest BCUT2D eigenvalue weighted by molar-refractivity contribution is 7.33. The number of nitrogens with one attached hydrogen (secondary N) is 1. The molecule has 11 heavy (non-hydrogen) atoms. The molecule has 1 nitrogen and oxygen atoms in total. The van der Waals surface area contributed by atoms with E-state index in [4.69, 9.17) is 22.2 Å². The summed E-state index contributed by atoms with van der Waals surface area (Å²) in [6.07, 6.45) is 4.17. The Hall–Kier alpha value is 0.497. The Labute approximate surface area is 79.8 Å². The molecule has 1 N–H and O–H groups in total. The topological polar surface area (TPSA) is 12.0 Å². The van der Waals surface area contributed by atoms with Gasteiger partial charge in [-0.25, -0.2) is 0 Å². The van der Waals surface area contributed by atoms with Gasteiger partial charge in [-0.3, -0.25) is 0 Å². The van der Waals surface area contributed by atoms with Crippen LogP contribution in [0, 0.1) is 0 Å². The van der Waals surface area contributed by atoms with Gasteiger partial charge in [0.05, 0.1) is 0 Å². The molecule has 0 heterocycles. The van der Waals surface area contributed by atoms with Crippen LogP contribution in [0.5, 0.6) is 0 Å². The summed E-state index contributed by atoms with van der Waals surface area (Å²) in [6.45, 7) is 5.54. The van der Waals surface area contributed by atoms with Crippen LogP contribution in [0.25, 0.3) is 0 Å². The minimum absolute atomic E-state index is 0.891. The van der Waals surface area contributed by atoms with Crippen molar-refractivity contribution in [3.63, 3.8) is 0 Å². The van der Waals surface area contributed by atoms with Gasteiger partial charge in [-0.15, -0.1) is 6.58 Å². The van der Waals surface area contributed by atoms with E-state index in [9.17, 15) is 0 Å². The normalized spacial score (nSPS) is 10.5. The lowest BCUT2D eigenvalue weighted by Gasteiger charge is -2.00. The zero-order chi connectivity index (χ0) is 8.53. The summed E-state index contributed by atoms with van der Waals surface area (Å²) in [5.41, 5.74) is 0. The lowest BCUT2D eigenvalue weighted by atomic mass is 10.3. The zero-order valence-corrected chi connectivity index (χ0v) is 9.32. The van der Waals surface area contributed by atoms with Gasteiger partial charge >= 0.3 is 0 Å². The van der Waals surface area contributed by atoms with Gasteiger partial charge in [0.2, 0.25) is 7.42 Å². The fourth-order valence-electron chi connectivity index (χ4n) is 0.753. The van der Waals surface area contributed by atoms with Crippen molar-refractivity contribution in [1.82, 2.24) is 5.32 Å². The van der Waals surface area contributed by atoms with Gasteiger partial charge in [0.1, 0.15) is 0 Å². The molecule has 0 fully saturated rings. The average molecular weight is 212 g/mol. The summed E-state index contributed by atoms with van der Waals surface area (Å²) in [5.74, 6) is 0. The molecule has 0 saturated carbocycles. The van der Waals surface area contributed by atoms with Crippen molar-refractivity contribution in [3.05, 3.63) is 12.7 Å². The molecular formula is C7H15Cl2NSi. The summed E-state index contributed by atoms with van der Waals surface area (Å²) >= 11 is 11.4. The summed E-state index contributed by atoms with van der Waals surface area (Å²) in [7, 11) is -1.33. The van der Waals surface area contributed by atoms with Crippen molar-refractivity contribution in [3.8, 4) is 0 Å². The first-order valence-corrected chi connectivity index (χ1v) is 8.18. The highest BCUT2D eigenvalue weighted by atomic mass is 35.7.